The van der Waals surface area contributed by atoms with Crippen LogP contribution in [0.25, 0.3) is 11.1 Å². The smallest absolute Gasteiger partial charge is 0.253 e. The monoisotopic (exact) mass is 509 g/mol. The predicted molar refractivity (Wildman–Crippen MR) is 148 cm³/mol. The zero-order valence-corrected chi connectivity index (χ0v) is 22.3. The molecule has 5 heteroatoms. The van der Waals surface area contributed by atoms with E-state index >= 15 is 0 Å². The largest absolute Gasteiger partial charge is 0.454 e. The minimum absolute atomic E-state index is 0.125. The maximum absolute atomic E-state index is 13.5. The lowest BCUT2D eigenvalue weighted by Crippen LogP contribution is -2.33. The lowest BCUT2D eigenvalue weighted by molar-refractivity contribution is -0.120. The maximum Gasteiger partial charge on any atom is 0.253 e. The second-order valence-corrected chi connectivity index (χ2v) is 11.2. The fraction of sp³-hybridized carbons (Fsp3) is 0.394. The number of Topliss-reactive ketones (excluding diaryl/α,β-unsaturated/α-hetero) is 1. The SMILES string of the molecule is CCCN(CC1CC1)C(=O)c1ccc(-c2cc(CC(=O)C3(c4ccc5c(c4)OCO5)CC3)ccc2C)cc1. The van der Waals surface area contributed by atoms with Gasteiger partial charge in [0.05, 0.1) is 5.41 Å². The second-order valence-electron chi connectivity index (χ2n) is 11.2. The van der Waals surface area contributed by atoms with E-state index in [1.807, 2.05) is 47.4 Å². The van der Waals surface area contributed by atoms with E-state index in [1.165, 1.54) is 12.8 Å². The van der Waals surface area contributed by atoms with Crippen LogP contribution in [-0.4, -0.2) is 36.5 Å². The number of ketones is 1. The highest BCUT2D eigenvalue weighted by atomic mass is 16.7. The minimum atomic E-state index is -0.418. The minimum Gasteiger partial charge on any atom is -0.454 e. The van der Waals surface area contributed by atoms with Crippen molar-refractivity contribution < 1.29 is 19.1 Å². The Kier molecular flexibility index (Phi) is 6.46. The summed E-state index contributed by atoms with van der Waals surface area (Å²) in [5.41, 5.74) is 5.68. The summed E-state index contributed by atoms with van der Waals surface area (Å²) in [6.07, 6.45) is 5.58. The first-order valence-corrected chi connectivity index (χ1v) is 13.9. The van der Waals surface area contributed by atoms with E-state index in [9.17, 15) is 9.59 Å². The molecule has 0 N–H and O–H groups in total. The van der Waals surface area contributed by atoms with Gasteiger partial charge in [-0.25, -0.2) is 0 Å². The van der Waals surface area contributed by atoms with Gasteiger partial charge in [0, 0.05) is 25.1 Å². The Morgan fingerprint density at radius 2 is 1.71 bits per heavy atom. The van der Waals surface area contributed by atoms with Crippen LogP contribution in [0.5, 0.6) is 11.5 Å². The normalized spacial score (nSPS) is 16.8. The third-order valence-electron chi connectivity index (χ3n) is 8.27. The van der Waals surface area contributed by atoms with Crippen molar-refractivity contribution in [2.45, 2.75) is 57.8 Å². The average molecular weight is 510 g/mol. The summed E-state index contributed by atoms with van der Waals surface area (Å²) in [7, 11) is 0. The molecule has 3 aromatic carbocycles. The first kappa shape index (κ1) is 24.7. The van der Waals surface area contributed by atoms with Crippen LogP contribution in [0.1, 0.15) is 66.1 Å². The fourth-order valence-corrected chi connectivity index (χ4v) is 5.63. The van der Waals surface area contributed by atoms with Gasteiger partial charge in [-0.3, -0.25) is 9.59 Å². The summed E-state index contributed by atoms with van der Waals surface area (Å²) < 4.78 is 11.0. The molecule has 1 aliphatic heterocycles. The highest BCUT2D eigenvalue weighted by Crippen LogP contribution is 2.51. The van der Waals surface area contributed by atoms with Crippen molar-refractivity contribution in [3.05, 3.63) is 82.9 Å². The molecule has 2 fully saturated rings. The molecule has 38 heavy (non-hydrogen) atoms. The molecule has 0 aromatic heterocycles. The second kappa shape index (κ2) is 9.94. The molecular formula is C33H35NO4. The zero-order chi connectivity index (χ0) is 26.3. The van der Waals surface area contributed by atoms with Gasteiger partial charge in [0.15, 0.2) is 11.5 Å². The molecule has 196 valence electrons. The molecule has 1 heterocycles. The van der Waals surface area contributed by atoms with Crippen molar-refractivity contribution >= 4 is 11.7 Å². The van der Waals surface area contributed by atoms with E-state index in [0.29, 0.717) is 12.3 Å². The Labute approximate surface area is 224 Å². The van der Waals surface area contributed by atoms with Crippen LogP contribution in [-0.2, 0) is 16.6 Å². The number of ether oxygens (including phenoxy) is 2. The van der Waals surface area contributed by atoms with E-state index in [1.54, 1.807) is 0 Å². The highest BCUT2D eigenvalue weighted by molar-refractivity contribution is 5.96. The van der Waals surface area contributed by atoms with E-state index in [2.05, 4.69) is 32.0 Å². The Morgan fingerprint density at radius 3 is 2.42 bits per heavy atom. The number of carbonyl (C=O) groups excluding carboxylic acids is 2. The van der Waals surface area contributed by atoms with Gasteiger partial charge in [-0.2, -0.15) is 0 Å². The summed E-state index contributed by atoms with van der Waals surface area (Å²) >= 11 is 0. The Bertz CT molecular complexity index is 1370. The van der Waals surface area contributed by atoms with Crippen LogP contribution in [0.2, 0.25) is 0 Å². The lowest BCUT2D eigenvalue weighted by atomic mass is 9.87. The van der Waals surface area contributed by atoms with Crippen LogP contribution in [0.4, 0.5) is 0 Å². The van der Waals surface area contributed by atoms with E-state index in [4.69, 9.17) is 9.47 Å². The standard InChI is InChI=1S/C33H35NO4/c1-3-16-34(20-23-6-7-23)32(36)26-10-8-25(9-11-26)28-17-24(5-4-22(28)2)18-31(35)33(14-15-33)27-12-13-29-30(19-27)38-21-37-29/h4-5,8-13,17,19,23H,3,6-7,14-16,18,20-21H2,1-2H3. The molecule has 0 spiro atoms. The molecular weight excluding hydrogens is 474 g/mol. The topological polar surface area (TPSA) is 55.8 Å². The number of nitrogens with zero attached hydrogens (tertiary/aromatic N) is 1. The maximum atomic E-state index is 13.5. The average Bonchev–Trinajstić information content (AvgIpc) is 3.87. The zero-order valence-electron chi connectivity index (χ0n) is 22.3. The van der Waals surface area contributed by atoms with Gasteiger partial charge >= 0.3 is 0 Å². The number of aryl methyl sites for hydroxylation is 1. The van der Waals surface area contributed by atoms with Gasteiger partial charge in [0.2, 0.25) is 6.79 Å². The van der Waals surface area contributed by atoms with E-state index in [-0.39, 0.29) is 18.5 Å². The van der Waals surface area contributed by atoms with Gasteiger partial charge in [0.25, 0.3) is 5.91 Å². The summed E-state index contributed by atoms with van der Waals surface area (Å²) in [4.78, 5) is 28.7. The number of benzene rings is 3. The van der Waals surface area contributed by atoms with Gasteiger partial charge < -0.3 is 14.4 Å². The molecule has 2 aliphatic carbocycles. The third kappa shape index (κ3) is 4.82. The summed E-state index contributed by atoms with van der Waals surface area (Å²) in [5.74, 6) is 2.52. The van der Waals surface area contributed by atoms with Crippen molar-refractivity contribution in [2.75, 3.05) is 19.9 Å². The molecule has 3 aliphatic rings. The molecule has 0 radical (unpaired) electrons. The van der Waals surface area contributed by atoms with E-state index < -0.39 is 5.41 Å². The van der Waals surface area contributed by atoms with Crippen molar-refractivity contribution in [1.82, 2.24) is 4.90 Å². The molecule has 0 unspecified atom stereocenters. The fourth-order valence-electron chi connectivity index (χ4n) is 5.63. The Hall–Kier alpha value is -3.60. The number of amides is 1. The van der Waals surface area contributed by atoms with Crippen molar-refractivity contribution in [3.63, 3.8) is 0 Å². The van der Waals surface area contributed by atoms with Crippen LogP contribution in [0, 0.1) is 12.8 Å². The molecule has 1 amide bonds. The van der Waals surface area contributed by atoms with E-state index in [0.717, 1.165) is 77.2 Å². The molecule has 0 saturated heterocycles. The molecule has 3 aromatic rings. The van der Waals surface area contributed by atoms with Crippen LogP contribution in [0.15, 0.2) is 60.7 Å². The van der Waals surface area contributed by atoms with Crippen molar-refractivity contribution in [2.24, 2.45) is 5.92 Å². The lowest BCUT2D eigenvalue weighted by Gasteiger charge is -2.22. The predicted octanol–water partition coefficient (Wildman–Crippen LogP) is 6.50. The van der Waals surface area contributed by atoms with Crippen molar-refractivity contribution in [1.29, 1.82) is 0 Å². The highest BCUT2D eigenvalue weighted by Gasteiger charge is 2.50. The van der Waals surface area contributed by atoms with Crippen LogP contribution < -0.4 is 9.47 Å². The quantitative estimate of drug-likeness (QED) is 0.313. The van der Waals surface area contributed by atoms with Crippen LogP contribution >= 0.6 is 0 Å². The molecule has 2 saturated carbocycles. The summed E-state index contributed by atoms with van der Waals surface area (Å²) in [5, 5.41) is 0. The number of carbonyl (C=O) groups is 2. The number of fused-ring (bicyclic) bond motifs is 1. The third-order valence-corrected chi connectivity index (χ3v) is 8.27. The molecule has 5 nitrogen and oxygen atoms in total. The molecule has 0 atom stereocenters. The van der Waals surface area contributed by atoms with Gasteiger partial charge in [0.1, 0.15) is 5.78 Å². The number of rotatable bonds is 10. The molecule has 0 bridgehead atoms. The first-order valence-electron chi connectivity index (χ1n) is 13.9. The summed E-state index contributed by atoms with van der Waals surface area (Å²) in [6, 6.07) is 20.2. The van der Waals surface area contributed by atoms with Gasteiger partial charge in [-0.1, -0.05) is 43.3 Å². The number of hydrogen-bond acceptors (Lipinski definition) is 4. The number of hydrogen-bond donors (Lipinski definition) is 0. The Morgan fingerprint density at radius 1 is 0.947 bits per heavy atom. The van der Waals surface area contributed by atoms with Gasteiger partial charge in [-0.05, 0) is 97.0 Å². The molecule has 6 rings (SSSR count). The first-order chi connectivity index (χ1) is 18.5. The van der Waals surface area contributed by atoms with Crippen molar-refractivity contribution in [3.8, 4) is 22.6 Å². The van der Waals surface area contributed by atoms with Gasteiger partial charge in [-0.15, -0.1) is 0 Å². The Balaban J connectivity index is 1.18. The summed E-state index contributed by atoms with van der Waals surface area (Å²) in [6.45, 7) is 6.13. The van der Waals surface area contributed by atoms with Crippen LogP contribution in [0.3, 0.4) is 0 Å².